The van der Waals surface area contributed by atoms with Crippen LogP contribution in [0, 0.1) is 0 Å². The van der Waals surface area contributed by atoms with Gasteiger partial charge in [-0.1, -0.05) is 6.92 Å². The zero-order valence-electron chi connectivity index (χ0n) is 11.6. The Labute approximate surface area is 121 Å². The summed E-state index contributed by atoms with van der Waals surface area (Å²) in [6, 6.07) is 5.23. The van der Waals surface area contributed by atoms with E-state index in [0.717, 1.165) is 11.4 Å². The van der Waals surface area contributed by atoms with E-state index >= 15 is 0 Å². The molecule has 5 nitrogen and oxygen atoms in total. The van der Waals surface area contributed by atoms with E-state index in [1.807, 2.05) is 6.92 Å². The van der Waals surface area contributed by atoms with Gasteiger partial charge in [0.05, 0.1) is 25.4 Å². The second-order valence-electron chi connectivity index (χ2n) is 4.00. The number of methoxy groups -OCH3 is 2. The van der Waals surface area contributed by atoms with Gasteiger partial charge in [-0.2, -0.15) is 0 Å². The number of thiazole rings is 1. The second kappa shape index (κ2) is 6.38. The number of ether oxygens (including phenoxy) is 2. The highest BCUT2D eigenvalue weighted by Crippen LogP contribution is 2.30. The number of hydrogen-bond acceptors (Lipinski definition) is 5. The Morgan fingerprint density at radius 3 is 2.65 bits per heavy atom. The summed E-state index contributed by atoms with van der Waals surface area (Å²) in [4.78, 5) is 16.9. The summed E-state index contributed by atoms with van der Waals surface area (Å²) in [6.45, 7) is 2.01. The van der Waals surface area contributed by atoms with Gasteiger partial charge < -0.3 is 14.8 Å². The Bertz CT molecular complexity index is 610. The largest absolute Gasteiger partial charge is 0.493 e. The van der Waals surface area contributed by atoms with Crippen molar-refractivity contribution in [1.82, 2.24) is 4.98 Å². The van der Waals surface area contributed by atoms with Crippen molar-refractivity contribution < 1.29 is 14.3 Å². The summed E-state index contributed by atoms with van der Waals surface area (Å²) < 4.78 is 10.4. The van der Waals surface area contributed by atoms with E-state index < -0.39 is 0 Å². The zero-order chi connectivity index (χ0) is 14.5. The van der Waals surface area contributed by atoms with Gasteiger partial charge in [0, 0.05) is 11.8 Å². The van der Waals surface area contributed by atoms with Crippen LogP contribution in [0.2, 0.25) is 0 Å². The number of nitrogens with one attached hydrogen (secondary N) is 1. The number of nitrogens with zero attached hydrogens (tertiary/aromatic N) is 1. The van der Waals surface area contributed by atoms with Gasteiger partial charge in [0.25, 0.3) is 5.91 Å². The van der Waals surface area contributed by atoms with Crippen LogP contribution in [-0.2, 0) is 6.42 Å². The number of carbonyl (C=O) groups is 1. The van der Waals surface area contributed by atoms with Crippen molar-refractivity contribution in [3.63, 3.8) is 0 Å². The summed E-state index contributed by atoms with van der Waals surface area (Å²) in [5.74, 6) is 1.02. The smallest absolute Gasteiger partial charge is 0.267 e. The summed E-state index contributed by atoms with van der Waals surface area (Å²) in [7, 11) is 3.12. The van der Waals surface area contributed by atoms with Crippen LogP contribution in [0.4, 0.5) is 5.69 Å². The molecule has 2 rings (SSSR count). The fraction of sp³-hybridized carbons (Fsp3) is 0.286. The lowest BCUT2D eigenvalue weighted by atomic mass is 10.2. The van der Waals surface area contributed by atoms with Crippen LogP contribution in [0.15, 0.2) is 24.4 Å². The van der Waals surface area contributed by atoms with Crippen molar-refractivity contribution in [2.45, 2.75) is 13.3 Å². The molecule has 0 atom stereocenters. The fourth-order valence-electron chi connectivity index (χ4n) is 1.69. The molecule has 0 aliphatic carbocycles. The van der Waals surface area contributed by atoms with Crippen LogP contribution in [0.3, 0.4) is 0 Å². The molecular weight excluding hydrogens is 276 g/mol. The van der Waals surface area contributed by atoms with Gasteiger partial charge in [0.15, 0.2) is 11.5 Å². The van der Waals surface area contributed by atoms with Crippen LogP contribution in [0.1, 0.15) is 21.6 Å². The fourth-order valence-corrected chi connectivity index (χ4v) is 2.44. The van der Waals surface area contributed by atoms with Crippen molar-refractivity contribution in [3.05, 3.63) is 34.3 Å². The molecule has 2 aromatic rings. The Kier molecular flexibility index (Phi) is 4.57. The Morgan fingerprint density at radius 1 is 1.30 bits per heavy atom. The minimum atomic E-state index is -0.172. The lowest BCUT2D eigenvalue weighted by molar-refractivity contribution is 0.103. The van der Waals surface area contributed by atoms with Crippen LogP contribution in [0.5, 0.6) is 11.5 Å². The first-order valence-corrected chi connectivity index (χ1v) is 6.97. The maximum Gasteiger partial charge on any atom is 0.267 e. The van der Waals surface area contributed by atoms with Crippen molar-refractivity contribution >= 4 is 22.9 Å². The average molecular weight is 292 g/mol. The number of benzene rings is 1. The molecule has 6 heteroatoms. The van der Waals surface area contributed by atoms with E-state index in [9.17, 15) is 4.79 Å². The summed E-state index contributed by atoms with van der Waals surface area (Å²) >= 11 is 1.40. The minimum absolute atomic E-state index is 0.172. The summed E-state index contributed by atoms with van der Waals surface area (Å²) in [5, 5.41) is 3.76. The number of hydrogen-bond donors (Lipinski definition) is 1. The van der Waals surface area contributed by atoms with Gasteiger partial charge in [-0.15, -0.1) is 11.3 Å². The highest BCUT2D eigenvalue weighted by molar-refractivity contribution is 7.13. The molecule has 1 aromatic heterocycles. The molecule has 0 radical (unpaired) electrons. The first-order chi connectivity index (χ1) is 9.67. The minimum Gasteiger partial charge on any atom is -0.493 e. The van der Waals surface area contributed by atoms with E-state index in [1.165, 1.54) is 11.3 Å². The quantitative estimate of drug-likeness (QED) is 0.920. The molecule has 0 saturated heterocycles. The van der Waals surface area contributed by atoms with Crippen LogP contribution in [-0.4, -0.2) is 25.1 Å². The predicted molar refractivity (Wildman–Crippen MR) is 79.0 cm³/mol. The molecule has 0 aliphatic heterocycles. The number of carbonyl (C=O) groups excluding carboxylic acids is 1. The predicted octanol–water partition coefficient (Wildman–Crippen LogP) is 2.98. The van der Waals surface area contributed by atoms with E-state index in [2.05, 4.69) is 10.3 Å². The van der Waals surface area contributed by atoms with Crippen LogP contribution < -0.4 is 14.8 Å². The second-order valence-corrected chi connectivity index (χ2v) is 5.11. The number of aromatic nitrogens is 1. The maximum absolute atomic E-state index is 12.1. The van der Waals surface area contributed by atoms with Gasteiger partial charge in [-0.3, -0.25) is 4.79 Å². The van der Waals surface area contributed by atoms with E-state index in [4.69, 9.17) is 9.47 Å². The average Bonchev–Trinajstić information content (AvgIpc) is 2.96. The van der Waals surface area contributed by atoms with Crippen LogP contribution in [0.25, 0.3) is 0 Å². The SMILES string of the molecule is CCc1ncc(C(=O)Nc2ccc(OC)c(OC)c2)s1. The molecular formula is C14H16N2O3S. The Balaban J connectivity index is 2.15. The molecule has 0 spiro atoms. The monoisotopic (exact) mass is 292 g/mol. The number of aryl methyl sites for hydroxylation is 1. The third-order valence-corrected chi connectivity index (χ3v) is 3.86. The van der Waals surface area contributed by atoms with Gasteiger partial charge in [0.1, 0.15) is 4.88 Å². The van der Waals surface area contributed by atoms with Crippen molar-refractivity contribution in [2.75, 3.05) is 19.5 Å². The normalized spacial score (nSPS) is 10.2. The Morgan fingerprint density at radius 2 is 2.05 bits per heavy atom. The lowest BCUT2D eigenvalue weighted by Gasteiger charge is -2.09. The molecule has 0 unspecified atom stereocenters. The van der Waals surface area contributed by atoms with Gasteiger partial charge in [-0.25, -0.2) is 4.98 Å². The highest BCUT2D eigenvalue weighted by Gasteiger charge is 2.12. The van der Waals surface area contributed by atoms with Crippen LogP contribution >= 0.6 is 11.3 Å². The topological polar surface area (TPSA) is 60.5 Å². The molecule has 20 heavy (non-hydrogen) atoms. The molecule has 1 amide bonds. The standard InChI is InChI=1S/C14H16N2O3S/c1-4-13-15-8-12(20-13)14(17)16-9-5-6-10(18-2)11(7-9)19-3/h5-8H,4H2,1-3H3,(H,16,17). The van der Waals surface area contributed by atoms with Crippen molar-refractivity contribution in [1.29, 1.82) is 0 Å². The van der Waals surface area contributed by atoms with Gasteiger partial charge in [0.2, 0.25) is 0 Å². The number of anilines is 1. The first-order valence-electron chi connectivity index (χ1n) is 6.16. The lowest BCUT2D eigenvalue weighted by Crippen LogP contribution is -2.10. The highest BCUT2D eigenvalue weighted by atomic mass is 32.1. The van der Waals surface area contributed by atoms with Crippen molar-refractivity contribution in [2.24, 2.45) is 0 Å². The molecule has 1 N–H and O–H groups in total. The molecule has 0 fully saturated rings. The Hall–Kier alpha value is -2.08. The van der Waals surface area contributed by atoms with E-state index in [1.54, 1.807) is 38.6 Å². The summed E-state index contributed by atoms with van der Waals surface area (Å²) in [6.07, 6.45) is 2.42. The first kappa shape index (κ1) is 14.3. The van der Waals surface area contributed by atoms with Crippen molar-refractivity contribution in [3.8, 4) is 11.5 Å². The van der Waals surface area contributed by atoms with Gasteiger partial charge >= 0.3 is 0 Å². The zero-order valence-corrected chi connectivity index (χ0v) is 12.4. The molecule has 1 heterocycles. The molecule has 1 aromatic carbocycles. The number of amides is 1. The van der Waals surface area contributed by atoms with E-state index in [0.29, 0.717) is 22.1 Å². The molecule has 0 saturated carbocycles. The molecule has 106 valence electrons. The maximum atomic E-state index is 12.1. The molecule has 0 aliphatic rings. The third-order valence-electron chi connectivity index (χ3n) is 2.72. The number of rotatable bonds is 5. The third kappa shape index (κ3) is 3.08. The summed E-state index contributed by atoms with van der Waals surface area (Å²) in [5.41, 5.74) is 0.652. The molecule has 0 bridgehead atoms. The van der Waals surface area contributed by atoms with E-state index in [-0.39, 0.29) is 5.91 Å². The van der Waals surface area contributed by atoms with Gasteiger partial charge in [-0.05, 0) is 18.6 Å².